The summed E-state index contributed by atoms with van der Waals surface area (Å²) >= 11 is 5.96. The lowest BCUT2D eigenvalue weighted by molar-refractivity contribution is -0.148. The van der Waals surface area contributed by atoms with Crippen molar-refractivity contribution in [2.75, 3.05) is 6.54 Å². The summed E-state index contributed by atoms with van der Waals surface area (Å²) in [5.41, 5.74) is -2.29. The fourth-order valence-corrected chi connectivity index (χ4v) is 4.31. The number of nitrogens with one attached hydrogen (secondary N) is 3. The number of amides is 3. The van der Waals surface area contributed by atoms with E-state index in [-0.39, 0.29) is 18.2 Å². The lowest BCUT2D eigenvalue weighted by Crippen LogP contribution is -2.56. The molecule has 0 aromatic heterocycles. The third kappa shape index (κ3) is 5.89. The van der Waals surface area contributed by atoms with E-state index >= 15 is 0 Å². The van der Waals surface area contributed by atoms with Crippen LogP contribution in [0.3, 0.4) is 0 Å². The van der Waals surface area contributed by atoms with Gasteiger partial charge < -0.3 is 21.1 Å². The van der Waals surface area contributed by atoms with E-state index in [4.69, 9.17) is 11.6 Å². The Morgan fingerprint density at radius 2 is 1.82 bits per heavy atom. The van der Waals surface area contributed by atoms with Crippen LogP contribution < -0.4 is 16.0 Å². The van der Waals surface area contributed by atoms with E-state index < -0.39 is 34.9 Å². The highest BCUT2D eigenvalue weighted by atomic mass is 35.5. The fourth-order valence-electron chi connectivity index (χ4n) is 4.18. The first-order valence-corrected chi connectivity index (χ1v) is 12.1. The van der Waals surface area contributed by atoms with Gasteiger partial charge in [-0.25, -0.2) is 0 Å². The number of carbonyl (C=O) groups excluding carboxylic acids is 3. The summed E-state index contributed by atoms with van der Waals surface area (Å²) in [4.78, 5) is 38.3. The van der Waals surface area contributed by atoms with Crippen molar-refractivity contribution in [3.05, 3.63) is 34.9 Å². The molecular weight excluding hydrogens is 456 g/mol. The monoisotopic (exact) mass is 488 g/mol. The summed E-state index contributed by atoms with van der Waals surface area (Å²) in [6.45, 7) is 5.38. The largest absolute Gasteiger partial charge is 0.384 e. The molecule has 1 aliphatic heterocycles. The molecule has 34 heavy (non-hydrogen) atoms. The van der Waals surface area contributed by atoms with E-state index in [1.807, 2.05) is 0 Å². The zero-order chi connectivity index (χ0) is 25.1. The van der Waals surface area contributed by atoms with Crippen molar-refractivity contribution in [3.8, 4) is 6.07 Å². The highest BCUT2D eigenvalue weighted by molar-refractivity contribution is 6.30. The Labute approximate surface area is 205 Å². The van der Waals surface area contributed by atoms with Crippen LogP contribution in [-0.4, -0.2) is 41.5 Å². The number of nitriles is 1. The highest BCUT2D eigenvalue weighted by Gasteiger charge is 2.47. The molecule has 0 bridgehead atoms. The molecule has 4 N–H and O–H groups in total. The van der Waals surface area contributed by atoms with Crippen molar-refractivity contribution in [1.82, 2.24) is 16.0 Å². The third-order valence-electron chi connectivity index (χ3n) is 7.23. The van der Waals surface area contributed by atoms with E-state index in [0.717, 1.165) is 12.8 Å². The van der Waals surface area contributed by atoms with E-state index in [1.165, 1.54) is 0 Å². The second kappa shape index (κ2) is 10.3. The van der Waals surface area contributed by atoms with Crippen LogP contribution in [0, 0.1) is 28.6 Å². The van der Waals surface area contributed by atoms with Crippen molar-refractivity contribution >= 4 is 29.3 Å². The van der Waals surface area contributed by atoms with Crippen LogP contribution >= 0.6 is 11.6 Å². The molecule has 3 rings (SSSR count). The van der Waals surface area contributed by atoms with Gasteiger partial charge in [-0.15, -0.1) is 0 Å². The second-order valence-corrected chi connectivity index (χ2v) is 10.5. The second-order valence-electron chi connectivity index (χ2n) is 10.1. The van der Waals surface area contributed by atoms with E-state index in [2.05, 4.69) is 22.0 Å². The minimum Gasteiger partial charge on any atom is -0.384 e. The summed E-state index contributed by atoms with van der Waals surface area (Å²) in [7, 11) is 0. The molecule has 4 unspecified atom stereocenters. The Kier molecular flexibility index (Phi) is 7.89. The van der Waals surface area contributed by atoms with Crippen molar-refractivity contribution in [2.24, 2.45) is 17.3 Å². The van der Waals surface area contributed by atoms with Gasteiger partial charge in [0.15, 0.2) is 0 Å². The normalized spacial score (nSPS) is 21.5. The van der Waals surface area contributed by atoms with E-state index in [0.29, 0.717) is 35.9 Å². The molecule has 1 saturated heterocycles. The van der Waals surface area contributed by atoms with Crippen molar-refractivity contribution in [3.63, 3.8) is 0 Å². The summed E-state index contributed by atoms with van der Waals surface area (Å²) in [6, 6.07) is 7.03. The molecule has 184 valence electrons. The molecule has 2 fully saturated rings. The number of aliphatic hydroxyl groups is 1. The van der Waals surface area contributed by atoms with Crippen LogP contribution in [0.4, 0.5) is 0 Å². The summed E-state index contributed by atoms with van der Waals surface area (Å²) in [6.07, 6.45) is 3.28. The minimum atomic E-state index is -1.53. The molecule has 1 aromatic carbocycles. The quantitative estimate of drug-likeness (QED) is 0.401. The zero-order valence-electron chi connectivity index (χ0n) is 19.9. The number of hydrogen-bond acceptors (Lipinski definition) is 5. The number of hydrogen-bond donors (Lipinski definition) is 4. The molecule has 9 heteroatoms. The number of benzene rings is 1. The predicted molar refractivity (Wildman–Crippen MR) is 127 cm³/mol. The van der Waals surface area contributed by atoms with E-state index in [1.54, 1.807) is 45.0 Å². The molecule has 2 aliphatic rings. The minimum absolute atomic E-state index is 0.108. The third-order valence-corrected chi connectivity index (χ3v) is 7.49. The summed E-state index contributed by atoms with van der Waals surface area (Å²) in [5.74, 6) is -1.01. The molecule has 1 aliphatic carbocycles. The molecule has 1 saturated carbocycles. The van der Waals surface area contributed by atoms with Gasteiger partial charge in [0.05, 0.1) is 11.5 Å². The van der Waals surface area contributed by atoms with Gasteiger partial charge in [-0.2, -0.15) is 5.26 Å². The van der Waals surface area contributed by atoms with Crippen molar-refractivity contribution in [2.45, 2.75) is 70.6 Å². The number of rotatable bonds is 10. The highest BCUT2D eigenvalue weighted by Crippen LogP contribution is 2.40. The molecule has 4 atom stereocenters. The molecular formula is C25H33ClN4O4. The first-order chi connectivity index (χ1) is 16.0. The molecule has 1 aromatic rings. The first kappa shape index (κ1) is 26.0. The number of carbonyl (C=O) groups is 3. The summed E-state index contributed by atoms with van der Waals surface area (Å²) < 4.78 is 0. The molecule has 0 spiro atoms. The lowest BCUT2D eigenvalue weighted by Gasteiger charge is -2.40. The van der Waals surface area contributed by atoms with Gasteiger partial charge in [0.2, 0.25) is 17.7 Å². The average Bonchev–Trinajstić information content (AvgIpc) is 3.52. The van der Waals surface area contributed by atoms with Crippen LogP contribution in [-0.2, 0) is 20.0 Å². The van der Waals surface area contributed by atoms with Gasteiger partial charge in [-0.1, -0.05) is 36.6 Å². The SMILES string of the molecule is CC(C)(C(=O)NC(CC1CC1)C(=O)NC(C#N)CC1CCNC1=O)C(C)(O)c1ccc(Cl)cc1. The van der Waals surface area contributed by atoms with Crippen LogP contribution in [0.15, 0.2) is 24.3 Å². The summed E-state index contributed by atoms with van der Waals surface area (Å²) in [5, 5.41) is 29.6. The maximum Gasteiger partial charge on any atom is 0.243 e. The van der Waals surface area contributed by atoms with Crippen LogP contribution in [0.25, 0.3) is 0 Å². The van der Waals surface area contributed by atoms with Crippen LogP contribution in [0.1, 0.15) is 58.4 Å². The maximum absolute atomic E-state index is 13.4. The predicted octanol–water partition coefficient (Wildman–Crippen LogP) is 2.39. The number of halogens is 1. The Bertz CT molecular complexity index is 966. The van der Waals surface area contributed by atoms with Gasteiger partial charge >= 0.3 is 0 Å². The molecule has 0 radical (unpaired) electrons. The van der Waals surface area contributed by atoms with Gasteiger partial charge in [-0.3, -0.25) is 14.4 Å². The Morgan fingerprint density at radius 3 is 2.35 bits per heavy atom. The Hall–Kier alpha value is -2.63. The van der Waals surface area contributed by atoms with Crippen molar-refractivity contribution < 1.29 is 19.5 Å². The van der Waals surface area contributed by atoms with Crippen LogP contribution in [0.5, 0.6) is 0 Å². The van der Waals surface area contributed by atoms with Crippen molar-refractivity contribution in [1.29, 1.82) is 5.26 Å². The topological polar surface area (TPSA) is 131 Å². The average molecular weight is 489 g/mol. The standard InChI is InChI=1S/C25H33ClN4O4/c1-24(2,25(3,34)17-6-8-18(26)9-7-17)23(33)30-20(12-15-4-5-15)22(32)29-19(14-27)13-16-10-11-28-21(16)31/h6-9,15-16,19-20,34H,4-5,10-13H2,1-3H3,(H,28,31)(H,29,32)(H,30,33). The van der Waals surface area contributed by atoms with Gasteiger partial charge in [0.1, 0.15) is 17.7 Å². The first-order valence-electron chi connectivity index (χ1n) is 11.7. The number of nitrogens with zero attached hydrogens (tertiary/aromatic N) is 1. The maximum atomic E-state index is 13.4. The van der Waals surface area contributed by atoms with Crippen LogP contribution in [0.2, 0.25) is 5.02 Å². The van der Waals surface area contributed by atoms with Gasteiger partial charge in [0, 0.05) is 17.5 Å². The molecule has 1 heterocycles. The molecule has 3 amide bonds. The molecule has 8 nitrogen and oxygen atoms in total. The Balaban J connectivity index is 1.71. The van der Waals surface area contributed by atoms with Gasteiger partial charge in [0.25, 0.3) is 0 Å². The van der Waals surface area contributed by atoms with E-state index in [9.17, 15) is 24.8 Å². The zero-order valence-corrected chi connectivity index (χ0v) is 20.6. The fraction of sp³-hybridized carbons (Fsp3) is 0.600. The Morgan fingerprint density at radius 1 is 1.18 bits per heavy atom. The smallest absolute Gasteiger partial charge is 0.243 e. The van der Waals surface area contributed by atoms with Gasteiger partial charge in [-0.05, 0) is 63.6 Å². The lowest BCUT2D eigenvalue weighted by atomic mass is 9.71.